The summed E-state index contributed by atoms with van der Waals surface area (Å²) < 4.78 is 81.7. The van der Waals surface area contributed by atoms with Crippen LogP contribution in [-0.4, -0.2) is 64.9 Å². The highest BCUT2D eigenvalue weighted by Crippen LogP contribution is 2.31. The highest BCUT2D eigenvalue weighted by atomic mass is 19.4. The van der Waals surface area contributed by atoms with Crippen molar-refractivity contribution in [1.82, 2.24) is 20.3 Å². The topological polar surface area (TPSA) is 127 Å². The van der Waals surface area contributed by atoms with Crippen LogP contribution in [0.1, 0.15) is 36.8 Å². The van der Waals surface area contributed by atoms with E-state index in [-0.39, 0.29) is 17.0 Å². The molecule has 0 aliphatic carbocycles. The van der Waals surface area contributed by atoms with Crippen LogP contribution in [0.4, 0.5) is 32.2 Å². The first kappa shape index (κ1) is 34.3. The predicted molar refractivity (Wildman–Crippen MR) is 165 cm³/mol. The quantitative estimate of drug-likeness (QED) is 0.188. The van der Waals surface area contributed by atoms with Crippen molar-refractivity contribution in [2.45, 2.75) is 62.3 Å². The average Bonchev–Trinajstić information content (AvgIpc) is 3.46. The molecule has 6 rings (SSSR count). The fourth-order valence-corrected chi connectivity index (χ4v) is 6.07. The first-order valence-corrected chi connectivity index (χ1v) is 15.2. The van der Waals surface area contributed by atoms with Gasteiger partial charge in [-0.15, -0.1) is 26.3 Å². The second-order valence-electron chi connectivity index (χ2n) is 12.1. The lowest BCUT2D eigenvalue weighted by molar-refractivity contribution is -0.275. The number of hydrogen-bond acceptors (Lipinski definition) is 8. The molecule has 254 valence electrons. The number of anilines is 1. The largest absolute Gasteiger partial charge is 0.573 e. The predicted octanol–water partition coefficient (Wildman–Crippen LogP) is 5.61. The maximum atomic E-state index is 12.4. The third-order valence-corrected chi connectivity index (χ3v) is 8.37. The minimum Gasteiger partial charge on any atom is -0.406 e. The van der Waals surface area contributed by atoms with Crippen molar-refractivity contribution < 1.29 is 35.8 Å². The molecule has 0 spiro atoms. The first-order valence-electron chi connectivity index (χ1n) is 15.2. The lowest BCUT2D eigenvalue weighted by Crippen LogP contribution is -2.52. The Labute approximate surface area is 267 Å². The highest BCUT2D eigenvalue weighted by molar-refractivity contribution is 5.87. The summed E-state index contributed by atoms with van der Waals surface area (Å²) in [5, 5.41) is 4.18. The molecule has 0 bridgehead atoms. The van der Waals surface area contributed by atoms with Crippen molar-refractivity contribution in [1.29, 1.82) is 0 Å². The number of fused-ring (bicyclic) bond motifs is 1. The standard InChI is InChI=1S/C19H20F3N5O.C13H17F3N2O/c20-19(21,22)28-14-3-1-2-13(10-14)11-18(23)5-8-27(9-6-18)17-15-4-7-24-16(15)25-12-26-17;14-13(15,16)19-11-3-1-2-10(8-11)9-12(17)4-6-18-7-5-12/h1-4,7,10,12H,5-6,8-9,11,23H2,(H,24,25,26);1-3,8,18H,4-7,9,17H2. The number of nitrogens with zero attached hydrogens (tertiary/aromatic N) is 3. The maximum Gasteiger partial charge on any atom is 0.573 e. The highest BCUT2D eigenvalue weighted by Gasteiger charge is 2.34. The lowest BCUT2D eigenvalue weighted by atomic mass is 9.83. The molecule has 47 heavy (non-hydrogen) atoms. The molecule has 2 fully saturated rings. The van der Waals surface area contributed by atoms with Crippen LogP contribution < -0.4 is 31.2 Å². The Hall–Kier alpha value is -4.08. The SMILES string of the molecule is NC1(Cc2cccc(OC(F)(F)F)c2)CCN(c2ncnc3[nH]ccc23)CC1.NC1(Cc2cccc(OC(F)(F)F)c2)CCNCC1. The number of ether oxygens (including phenoxy) is 2. The number of nitrogens with two attached hydrogens (primary N) is 2. The number of piperidine rings is 2. The molecule has 6 N–H and O–H groups in total. The Balaban J connectivity index is 0.000000199. The molecule has 0 atom stereocenters. The van der Waals surface area contributed by atoms with Crippen molar-refractivity contribution >= 4 is 16.9 Å². The van der Waals surface area contributed by atoms with Gasteiger partial charge in [0.15, 0.2) is 0 Å². The van der Waals surface area contributed by atoms with E-state index in [0.29, 0.717) is 38.8 Å². The summed E-state index contributed by atoms with van der Waals surface area (Å²) in [6, 6.07) is 14.0. The van der Waals surface area contributed by atoms with Crippen LogP contribution in [0.2, 0.25) is 0 Å². The molecule has 2 aliphatic rings. The van der Waals surface area contributed by atoms with E-state index >= 15 is 0 Å². The zero-order valence-corrected chi connectivity index (χ0v) is 25.5. The third kappa shape index (κ3) is 9.95. The maximum absolute atomic E-state index is 12.4. The summed E-state index contributed by atoms with van der Waals surface area (Å²) >= 11 is 0. The van der Waals surface area contributed by atoms with Gasteiger partial charge in [0.2, 0.25) is 0 Å². The molecular formula is C32H37F6N7O2. The van der Waals surface area contributed by atoms with Crippen LogP contribution in [0, 0.1) is 0 Å². The number of aromatic amines is 1. The molecule has 4 aromatic rings. The minimum absolute atomic E-state index is 0.192. The number of halogens is 6. The monoisotopic (exact) mass is 665 g/mol. The van der Waals surface area contributed by atoms with Crippen LogP contribution in [0.15, 0.2) is 67.1 Å². The van der Waals surface area contributed by atoms with Gasteiger partial charge in [-0.3, -0.25) is 0 Å². The molecule has 4 heterocycles. The van der Waals surface area contributed by atoms with Crippen LogP contribution in [0.25, 0.3) is 11.0 Å². The molecule has 15 heteroatoms. The number of H-pyrrole nitrogens is 1. The van der Waals surface area contributed by atoms with E-state index in [2.05, 4.69) is 34.6 Å². The molecule has 2 saturated heterocycles. The number of aromatic nitrogens is 3. The minimum atomic E-state index is -4.70. The van der Waals surface area contributed by atoms with E-state index in [1.54, 1.807) is 24.3 Å². The number of hydrogen-bond donors (Lipinski definition) is 4. The molecule has 0 radical (unpaired) electrons. The van der Waals surface area contributed by atoms with Crippen molar-refractivity contribution in [3.63, 3.8) is 0 Å². The van der Waals surface area contributed by atoms with Gasteiger partial charge < -0.3 is 36.1 Å². The Bertz CT molecular complexity index is 1610. The van der Waals surface area contributed by atoms with E-state index in [1.165, 1.54) is 30.6 Å². The van der Waals surface area contributed by atoms with Gasteiger partial charge in [-0.1, -0.05) is 24.3 Å². The summed E-state index contributed by atoms with van der Waals surface area (Å²) in [7, 11) is 0. The lowest BCUT2D eigenvalue weighted by Gasteiger charge is -2.40. The zero-order chi connectivity index (χ0) is 33.7. The van der Waals surface area contributed by atoms with Gasteiger partial charge in [-0.25, -0.2) is 9.97 Å². The molecule has 9 nitrogen and oxygen atoms in total. The Morgan fingerprint density at radius 1 is 0.745 bits per heavy atom. The summed E-state index contributed by atoms with van der Waals surface area (Å²) in [6.45, 7) is 3.11. The summed E-state index contributed by atoms with van der Waals surface area (Å²) in [5.74, 6) is 0.457. The normalized spacial score (nSPS) is 17.9. The molecular weight excluding hydrogens is 628 g/mol. The average molecular weight is 666 g/mol. The van der Waals surface area contributed by atoms with Crippen LogP contribution >= 0.6 is 0 Å². The van der Waals surface area contributed by atoms with E-state index < -0.39 is 18.3 Å². The van der Waals surface area contributed by atoms with Gasteiger partial charge in [-0.05, 0) is 93.1 Å². The van der Waals surface area contributed by atoms with E-state index in [4.69, 9.17) is 11.5 Å². The fourth-order valence-electron chi connectivity index (χ4n) is 6.07. The zero-order valence-electron chi connectivity index (χ0n) is 25.5. The molecule has 0 amide bonds. The second-order valence-corrected chi connectivity index (χ2v) is 12.1. The van der Waals surface area contributed by atoms with Crippen LogP contribution in [0.5, 0.6) is 11.5 Å². The third-order valence-electron chi connectivity index (χ3n) is 8.37. The number of nitrogens with one attached hydrogen (secondary N) is 2. The Kier molecular flexibility index (Phi) is 10.2. The van der Waals surface area contributed by atoms with Gasteiger partial charge in [0, 0.05) is 30.4 Å². The van der Waals surface area contributed by atoms with Gasteiger partial charge in [0.1, 0.15) is 29.3 Å². The van der Waals surface area contributed by atoms with Gasteiger partial charge in [0.05, 0.1) is 5.39 Å². The molecule has 2 aliphatic heterocycles. The van der Waals surface area contributed by atoms with E-state index in [0.717, 1.165) is 53.9 Å². The van der Waals surface area contributed by atoms with Gasteiger partial charge in [0.25, 0.3) is 0 Å². The van der Waals surface area contributed by atoms with Gasteiger partial charge in [-0.2, -0.15) is 0 Å². The Morgan fingerprint density at radius 3 is 1.81 bits per heavy atom. The fraction of sp³-hybridized carbons (Fsp3) is 0.438. The molecule has 2 aromatic carbocycles. The summed E-state index contributed by atoms with van der Waals surface area (Å²) in [5.41, 5.74) is 14.3. The van der Waals surface area contributed by atoms with Crippen molar-refractivity contribution in [2.24, 2.45) is 11.5 Å². The summed E-state index contributed by atoms with van der Waals surface area (Å²) in [6.07, 6.45) is -1.92. The number of benzene rings is 2. The van der Waals surface area contributed by atoms with Crippen molar-refractivity contribution in [2.75, 3.05) is 31.1 Å². The van der Waals surface area contributed by atoms with Crippen molar-refractivity contribution in [3.05, 3.63) is 78.2 Å². The molecule has 0 unspecified atom stereocenters. The second kappa shape index (κ2) is 14.0. The Morgan fingerprint density at radius 2 is 1.28 bits per heavy atom. The van der Waals surface area contributed by atoms with Crippen molar-refractivity contribution in [3.8, 4) is 11.5 Å². The van der Waals surface area contributed by atoms with E-state index in [9.17, 15) is 26.3 Å². The molecule has 2 aromatic heterocycles. The van der Waals surface area contributed by atoms with Crippen LogP contribution in [0.3, 0.4) is 0 Å². The smallest absolute Gasteiger partial charge is 0.406 e. The number of alkyl halides is 6. The van der Waals surface area contributed by atoms with E-state index in [1.807, 2.05) is 12.3 Å². The summed E-state index contributed by atoms with van der Waals surface area (Å²) in [4.78, 5) is 13.9. The molecule has 0 saturated carbocycles. The number of rotatable bonds is 7. The van der Waals surface area contributed by atoms with Gasteiger partial charge >= 0.3 is 12.7 Å². The van der Waals surface area contributed by atoms with Crippen LogP contribution in [-0.2, 0) is 12.8 Å². The first-order chi connectivity index (χ1) is 22.2.